The molecule has 0 bridgehead atoms. The summed E-state index contributed by atoms with van der Waals surface area (Å²) in [4.78, 5) is 19.6. The number of carbonyl (C=O) groups is 1. The molecule has 1 fully saturated rings. The predicted octanol–water partition coefficient (Wildman–Crippen LogP) is 2.19. The Morgan fingerprint density at radius 2 is 2.00 bits per heavy atom. The summed E-state index contributed by atoms with van der Waals surface area (Å²) in [6.45, 7) is 12.0. The minimum atomic E-state index is -0.0425. The number of piperazine rings is 1. The molecule has 0 aromatic carbocycles. The quantitative estimate of drug-likeness (QED) is 0.705. The van der Waals surface area contributed by atoms with E-state index >= 15 is 0 Å². The third-order valence-corrected chi connectivity index (χ3v) is 4.57. The van der Waals surface area contributed by atoms with Crippen molar-refractivity contribution in [1.82, 2.24) is 30.3 Å². The number of aromatic nitrogens is 3. The Kier molecular flexibility index (Phi) is 9.45. The molecular weight excluding hydrogens is 387 g/mol. The van der Waals surface area contributed by atoms with Crippen LogP contribution in [0.1, 0.15) is 42.4 Å². The number of carbonyl (C=O) groups excluding carboxylic acids is 1. The molecule has 1 aliphatic rings. The van der Waals surface area contributed by atoms with Gasteiger partial charge in [-0.3, -0.25) is 4.79 Å². The van der Waals surface area contributed by atoms with Crippen LogP contribution in [0.15, 0.2) is 12.3 Å². The first-order valence-corrected chi connectivity index (χ1v) is 9.12. The largest absolute Gasteiger partial charge is 0.352 e. The maximum Gasteiger partial charge on any atom is 0.252 e. The average Bonchev–Trinajstić information content (AvgIpc) is 3.02. The molecule has 0 atom stereocenters. The van der Waals surface area contributed by atoms with Gasteiger partial charge in [-0.25, -0.2) is 9.67 Å². The third-order valence-electron chi connectivity index (χ3n) is 4.57. The molecule has 1 saturated heterocycles. The van der Waals surface area contributed by atoms with E-state index < -0.39 is 0 Å². The highest BCUT2D eigenvalue weighted by atomic mass is 35.5. The number of hydrogen-bond acceptors (Lipinski definition) is 5. The van der Waals surface area contributed by atoms with Gasteiger partial charge < -0.3 is 15.5 Å². The smallest absolute Gasteiger partial charge is 0.252 e. The maximum absolute atomic E-state index is 12.6. The fourth-order valence-electron chi connectivity index (χ4n) is 3.24. The summed E-state index contributed by atoms with van der Waals surface area (Å²) < 4.78 is 1.86. The van der Waals surface area contributed by atoms with Crippen molar-refractivity contribution in [3.8, 4) is 0 Å². The third kappa shape index (κ3) is 5.78. The summed E-state index contributed by atoms with van der Waals surface area (Å²) in [5, 5.41) is 11.6. The highest BCUT2D eigenvalue weighted by molar-refractivity contribution is 6.05. The number of nitrogens with one attached hydrogen (secondary N) is 2. The van der Waals surface area contributed by atoms with Crippen LogP contribution in [-0.2, 0) is 0 Å². The van der Waals surface area contributed by atoms with Gasteiger partial charge in [-0.15, -0.1) is 24.8 Å². The van der Waals surface area contributed by atoms with Crippen molar-refractivity contribution >= 4 is 41.8 Å². The predicted molar refractivity (Wildman–Crippen MR) is 113 cm³/mol. The van der Waals surface area contributed by atoms with Gasteiger partial charge in [0.2, 0.25) is 0 Å². The maximum atomic E-state index is 12.6. The number of halogens is 2. The molecule has 0 spiro atoms. The van der Waals surface area contributed by atoms with Crippen molar-refractivity contribution in [2.45, 2.75) is 33.2 Å². The van der Waals surface area contributed by atoms with Gasteiger partial charge in [0.1, 0.15) is 0 Å². The molecule has 2 aromatic heterocycles. The van der Waals surface area contributed by atoms with E-state index in [2.05, 4.69) is 39.5 Å². The van der Waals surface area contributed by atoms with Crippen LogP contribution in [0.4, 0.5) is 0 Å². The molecule has 3 heterocycles. The molecule has 7 nitrogen and oxygen atoms in total. The van der Waals surface area contributed by atoms with Gasteiger partial charge in [0, 0.05) is 44.5 Å². The van der Waals surface area contributed by atoms with Crippen LogP contribution in [-0.4, -0.2) is 64.8 Å². The zero-order valence-corrected chi connectivity index (χ0v) is 17.8. The number of pyridine rings is 1. The molecule has 9 heteroatoms. The van der Waals surface area contributed by atoms with E-state index in [1.165, 1.54) is 0 Å². The molecule has 0 saturated carbocycles. The first kappa shape index (κ1) is 23.6. The lowest BCUT2D eigenvalue weighted by Crippen LogP contribution is -2.44. The van der Waals surface area contributed by atoms with Crippen molar-refractivity contribution in [3.63, 3.8) is 0 Å². The molecule has 1 amide bonds. The standard InChI is InChI=1S/C18H28N6O.2ClH/c1-13(2)24-17-16(12-21-24)15(11-14(3)22-17)18(25)20-5-4-8-23-9-6-19-7-10-23;;/h11-13,19H,4-10H2,1-3H3,(H,20,25);2*1H. The van der Waals surface area contributed by atoms with Crippen LogP contribution < -0.4 is 10.6 Å². The summed E-state index contributed by atoms with van der Waals surface area (Å²) in [6, 6.07) is 2.06. The monoisotopic (exact) mass is 416 g/mol. The molecule has 2 N–H and O–H groups in total. The van der Waals surface area contributed by atoms with E-state index in [-0.39, 0.29) is 36.8 Å². The lowest BCUT2D eigenvalue weighted by atomic mass is 10.1. The van der Waals surface area contributed by atoms with Crippen molar-refractivity contribution in [1.29, 1.82) is 0 Å². The zero-order valence-electron chi connectivity index (χ0n) is 16.2. The van der Waals surface area contributed by atoms with Gasteiger partial charge >= 0.3 is 0 Å². The lowest BCUT2D eigenvalue weighted by Gasteiger charge is -2.27. The number of nitrogens with zero attached hydrogens (tertiary/aromatic N) is 4. The van der Waals surface area contributed by atoms with Crippen molar-refractivity contribution < 1.29 is 4.79 Å². The van der Waals surface area contributed by atoms with Crippen molar-refractivity contribution in [3.05, 3.63) is 23.5 Å². The summed E-state index contributed by atoms with van der Waals surface area (Å²) in [6.07, 6.45) is 2.71. The average molecular weight is 417 g/mol. The van der Waals surface area contributed by atoms with E-state index in [9.17, 15) is 4.79 Å². The highest BCUT2D eigenvalue weighted by Gasteiger charge is 2.16. The number of fused-ring (bicyclic) bond motifs is 1. The minimum absolute atomic E-state index is 0. The first-order chi connectivity index (χ1) is 12.1. The Labute approximate surface area is 173 Å². The number of rotatable bonds is 6. The SMILES string of the molecule is Cc1cc(C(=O)NCCCN2CCNCC2)c2cnn(C(C)C)c2n1.Cl.Cl. The lowest BCUT2D eigenvalue weighted by molar-refractivity contribution is 0.0952. The van der Waals surface area contributed by atoms with Crippen LogP contribution in [0.2, 0.25) is 0 Å². The highest BCUT2D eigenvalue weighted by Crippen LogP contribution is 2.20. The van der Waals surface area contributed by atoms with Crippen molar-refractivity contribution in [2.24, 2.45) is 0 Å². The summed E-state index contributed by atoms with van der Waals surface area (Å²) >= 11 is 0. The molecule has 1 aliphatic heterocycles. The second-order valence-electron chi connectivity index (χ2n) is 6.93. The van der Waals surface area contributed by atoms with Gasteiger partial charge in [0.05, 0.1) is 17.1 Å². The fourth-order valence-corrected chi connectivity index (χ4v) is 3.24. The number of aryl methyl sites for hydroxylation is 1. The molecule has 0 unspecified atom stereocenters. The molecule has 0 aliphatic carbocycles. The molecular formula is C18H30Cl2N6O. The van der Waals surface area contributed by atoms with Crippen LogP contribution in [0.25, 0.3) is 11.0 Å². The Morgan fingerprint density at radius 1 is 1.30 bits per heavy atom. The summed E-state index contributed by atoms with van der Waals surface area (Å²) in [7, 11) is 0. The Hall–Kier alpha value is -1.41. The summed E-state index contributed by atoms with van der Waals surface area (Å²) in [5.41, 5.74) is 2.28. The number of hydrogen-bond donors (Lipinski definition) is 2. The van der Waals surface area contributed by atoms with Crippen LogP contribution in [0.3, 0.4) is 0 Å². The second kappa shape index (κ2) is 10.8. The topological polar surface area (TPSA) is 75.1 Å². The van der Waals surface area contributed by atoms with E-state index in [0.29, 0.717) is 12.1 Å². The van der Waals surface area contributed by atoms with E-state index in [1.807, 2.05) is 17.7 Å². The Bertz CT molecular complexity index is 743. The second-order valence-corrected chi connectivity index (χ2v) is 6.93. The van der Waals surface area contributed by atoms with Crippen LogP contribution >= 0.6 is 24.8 Å². The normalized spacial score (nSPS) is 14.7. The molecule has 152 valence electrons. The van der Waals surface area contributed by atoms with E-state index in [4.69, 9.17) is 0 Å². The number of amides is 1. The van der Waals surface area contributed by atoms with E-state index in [1.54, 1.807) is 6.20 Å². The fraction of sp³-hybridized carbons (Fsp3) is 0.611. The molecule has 3 rings (SSSR count). The van der Waals surface area contributed by atoms with Gasteiger partial charge in [-0.1, -0.05) is 0 Å². The van der Waals surface area contributed by atoms with Gasteiger partial charge in [0.25, 0.3) is 5.91 Å². The van der Waals surface area contributed by atoms with Gasteiger partial charge in [-0.2, -0.15) is 5.10 Å². The minimum Gasteiger partial charge on any atom is -0.352 e. The molecule has 0 radical (unpaired) electrons. The zero-order chi connectivity index (χ0) is 17.8. The first-order valence-electron chi connectivity index (χ1n) is 9.12. The van der Waals surface area contributed by atoms with Gasteiger partial charge in [0.15, 0.2) is 5.65 Å². The van der Waals surface area contributed by atoms with Crippen LogP contribution in [0.5, 0.6) is 0 Å². The van der Waals surface area contributed by atoms with E-state index in [0.717, 1.165) is 55.9 Å². The van der Waals surface area contributed by atoms with Crippen LogP contribution in [0, 0.1) is 6.92 Å². The molecule has 27 heavy (non-hydrogen) atoms. The van der Waals surface area contributed by atoms with Gasteiger partial charge in [-0.05, 0) is 39.8 Å². The Morgan fingerprint density at radius 3 is 2.67 bits per heavy atom. The summed E-state index contributed by atoms with van der Waals surface area (Å²) in [5.74, 6) is -0.0425. The Balaban J connectivity index is 0.00000182. The van der Waals surface area contributed by atoms with Crippen molar-refractivity contribution in [2.75, 3.05) is 39.3 Å². The molecule has 2 aromatic rings.